The Labute approximate surface area is 117 Å². The fourth-order valence-corrected chi connectivity index (χ4v) is 3.28. The maximum absolute atomic E-state index is 4.69. The number of fused-ring (bicyclic) bond motifs is 3. The molecule has 0 aromatic carbocycles. The number of rotatable bonds is 1. The predicted molar refractivity (Wildman–Crippen MR) is 82.1 cm³/mol. The summed E-state index contributed by atoms with van der Waals surface area (Å²) in [6.45, 7) is 3.40. The zero-order valence-corrected chi connectivity index (χ0v) is 11.6. The Morgan fingerprint density at radius 1 is 1.25 bits per heavy atom. The minimum atomic E-state index is 0.559. The molecule has 4 rings (SSSR count). The SMILES string of the molecule is CC1CCCCN1c1nccc2cnc3[nH]ccc3c12. The quantitative estimate of drug-likeness (QED) is 0.733. The normalized spacial score (nSPS) is 19.9. The molecule has 4 heterocycles. The van der Waals surface area contributed by atoms with E-state index in [0.717, 1.165) is 18.0 Å². The van der Waals surface area contributed by atoms with E-state index in [1.807, 2.05) is 24.7 Å². The highest BCUT2D eigenvalue weighted by Crippen LogP contribution is 2.33. The number of pyridine rings is 2. The smallest absolute Gasteiger partial charge is 0.137 e. The zero-order valence-electron chi connectivity index (χ0n) is 11.6. The highest BCUT2D eigenvalue weighted by atomic mass is 15.2. The highest BCUT2D eigenvalue weighted by Gasteiger charge is 2.22. The summed E-state index contributed by atoms with van der Waals surface area (Å²) in [5.74, 6) is 1.11. The van der Waals surface area contributed by atoms with Crippen LogP contribution in [0.25, 0.3) is 21.8 Å². The van der Waals surface area contributed by atoms with Crippen molar-refractivity contribution in [2.24, 2.45) is 0 Å². The summed E-state index contributed by atoms with van der Waals surface area (Å²) in [4.78, 5) is 14.8. The Hall–Kier alpha value is -2.10. The highest BCUT2D eigenvalue weighted by molar-refractivity contribution is 6.10. The lowest BCUT2D eigenvalue weighted by atomic mass is 10.0. The van der Waals surface area contributed by atoms with Gasteiger partial charge in [0.05, 0.1) is 0 Å². The van der Waals surface area contributed by atoms with Crippen LogP contribution in [0, 0.1) is 0 Å². The second kappa shape index (κ2) is 4.47. The summed E-state index contributed by atoms with van der Waals surface area (Å²) < 4.78 is 0. The molecule has 0 spiro atoms. The van der Waals surface area contributed by atoms with Crippen molar-refractivity contribution in [3.8, 4) is 0 Å². The van der Waals surface area contributed by atoms with E-state index in [0.29, 0.717) is 6.04 Å². The molecule has 3 aromatic heterocycles. The van der Waals surface area contributed by atoms with Crippen LogP contribution < -0.4 is 4.90 Å². The molecule has 1 fully saturated rings. The van der Waals surface area contributed by atoms with Crippen LogP contribution in [0.15, 0.2) is 30.7 Å². The van der Waals surface area contributed by atoms with Crippen LogP contribution in [0.1, 0.15) is 26.2 Å². The lowest BCUT2D eigenvalue weighted by Gasteiger charge is -2.35. The van der Waals surface area contributed by atoms with Gasteiger partial charge in [-0.15, -0.1) is 0 Å². The summed E-state index contributed by atoms with van der Waals surface area (Å²) >= 11 is 0. The molecule has 3 aromatic rings. The molecular formula is C16H18N4. The minimum Gasteiger partial charge on any atom is -0.353 e. The molecule has 1 aliphatic heterocycles. The van der Waals surface area contributed by atoms with E-state index in [1.165, 1.54) is 35.4 Å². The van der Waals surface area contributed by atoms with Gasteiger partial charge in [0.25, 0.3) is 0 Å². The fraction of sp³-hybridized carbons (Fsp3) is 0.375. The van der Waals surface area contributed by atoms with Gasteiger partial charge in [0.2, 0.25) is 0 Å². The molecule has 0 saturated carbocycles. The van der Waals surface area contributed by atoms with Crippen molar-refractivity contribution < 1.29 is 0 Å². The summed E-state index contributed by atoms with van der Waals surface area (Å²) in [5.41, 5.74) is 0.941. The van der Waals surface area contributed by atoms with Gasteiger partial charge in [-0.1, -0.05) is 0 Å². The average molecular weight is 266 g/mol. The fourth-order valence-electron chi connectivity index (χ4n) is 3.28. The predicted octanol–water partition coefficient (Wildman–Crippen LogP) is 3.49. The van der Waals surface area contributed by atoms with Crippen molar-refractivity contribution in [2.45, 2.75) is 32.2 Å². The molecule has 1 N–H and O–H groups in total. The maximum atomic E-state index is 4.69. The molecule has 1 unspecified atom stereocenters. The monoisotopic (exact) mass is 266 g/mol. The number of nitrogens with zero attached hydrogens (tertiary/aromatic N) is 3. The number of hydrogen-bond acceptors (Lipinski definition) is 3. The minimum absolute atomic E-state index is 0.559. The van der Waals surface area contributed by atoms with Crippen LogP contribution in [0.3, 0.4) is 0 Å². The molecule has 102 valence electrons. The van der Waals surface area contributed by atoms with Gasteiger partial charge in [0, 0.05) is 47.3 Å². The number of piperidine rings is 1. The third kappa shape index (κ3) is 1.68. The molecule has 1 atom stereocenters. The first-order valence-electron chi connectivity index (χ1n) is 7.32. The van der Waals surface area contributed by atoms with Crippen molar-refractivity contribution in [1.82, 2.24) is 15.0 Å². The number of anilines is 1. The Balaban J connectivity index is 2.00. The summed E-state index contributed by atoms with van der Waals surface area (Å²) in [7, 11) is 0. The maximum Gasteiger partial charge on any atom is 0.137 e. The first-order chi connectivity index (χ1) is 9.84. The first-order valence-corrected chi connectivity index (χ1v) is 7.32. The number of aromatic nitrogens is 3. The number of hydrogen-bond donors (Lipinski definition) is 1. The third-order valence-corrected chi connectivity index (χ3v) is 4.37. The number of H-pyrrole nitrogens is 1. The van der Waals surface area contributed by atoms with Crippen LogP contribution in [0.4, 0.5) is 5.82 Å². The molecule has 1 aliphatic rings. The van der Waals surface area contributed by atoms with E-state index >= 15 is 0 Å². The van der Waals surface area contributed by atoms with Crippen molar-refractivity contribution in [3.05, 3.63) is 30.7 Å². The van der Waals surface area contributed by atoms with Gasteiger partial charge in [-0.2, -0.15) is 0 Å². The number of aromatic amines is 1. The average Bonchev–Trinajstić information content (AvgIpc) is 2.96. The summed E-state index contributed by atoms with van der Waals surface area (Å²) in [6.07, 6.45) is 9.62. The Morgan fingerprint density at radius 3 is 3.10 bits per heavy atom. The largest absolute Gasteiger partial charge is 0.353 e. The second-order valence-corrected chi connectivity index (χ2v) is 5.64. The van der Waals surface area contributed by atoms with E-state index in [2.05, 4.69) is 27.9 Å². The molecular weight excluding hydrogens is 248 g/mol. The second-order valence-electron chi connectivity index (χ2n) is 5.64. The number of nitrogens with one attached hydrogen (secondary N) is 1. The Morgan fingerprint density at radius 2 is 2.20 bits per heavy atom. The van der Waals surface area contributed by atoms with Gasteiger partial charge in [-0.3, -0.25) is 0 Å². The van der Waals surface area contributed by atoms with Crippen molar-refractivity contribution in [3.63, 3.8) is 0 Å². The summed E-state index contributed by atoms with van der Waals surface area (Å²) in [6, 6.07) is 4.71. The zero-order chi connectivity index (χ0) is 13.5. The van der Waals surface area contributed by atoms with Gasteiger partial charge in [0.15, 0.2) is 0 Å². The van der Waals surface area contributed by atoms with Crippen LogP contribution in [0.5, 0.6) is 0 Å². The lowest BCUT2D eigenvalue weighted by molar-refractivity contribution is 0.482. The van der Waals surface area contributed by atoms with E-state index in [9.17, 15) is 0 Å². The molecule has 4 nitrogen and oxygen atoms in total. The van der Waals surface area contributed by atoms with Gasteiger partial charge in [0.1, 0.15) is 11.5 Å². The van der Waals surface area contributed by atoms with Gasteiger partial charge in [-0.25, -0.2) is 9.97 Å². The summed E-state index contributed by atoms with van der Waals surface area (Å²) in [5, 5.41) is 3.57. The molecule has 0 radical (unpaired) electrons. The first kappa shape index (κ1) is 11.7. The van der Waals surface area contributed by atoms with Gasteiger partial charge in [-0.05, 0) is 38.3 Å². The Bertz CT molecular complexity index is 761. The molecule has 4 heteroatoms. The molecule has 20 heavy (non-hydrogen) atoms. The molecule has 0 bridgehead atoms. The molecule has 1 saturated heterocycles. The van der Waals surface area contributed by atoms with Crippen LogP contribution in [-0.4, -0.2) is 27.5 Å². The van der Waals surface area contributed by atoms with Crippen LogP contribution in [-0.2, 0) is 0 Å². The van der Waals surface area contributed by atoms with Crippen molar-refractivity contribution in [2.75, 3.05) is 11.4 Å². The lowest BCUT2D eigenvalue weighted by Crippen LogP contribution is -2.38. The molecule has 0 aliphatic carbocycles. The van der Waals surface area contributed by atoms with E-state index in [-0.39, 0.29) is 0 Å². The standard InChI is InChI=1S/C16H18N4/c1-11-4-2-3-9-20(11)16-14-12(5-7-18-16)10-19-15-13(14)6-8-17-15/h5-8,10-11H,2-4,9H2,1H3,(H,17,19). The Kier molecular flexibility index (Phi) is 2.62. The van der Waals surface area contributed by atoms with Gasteiger partial charge >= 0.3 is 0 Å². The van der Waals surface area contributed by atoms with Crippen LogP contribution in [0.2, 0.25) is 0 Å². The molecule has 0 amide bonds. The van der Waals surface area contributed by atoms with E-state index < -0.39 is 0 Å². The topological polar surface area (TPSA) is 44.8 Å². The van der Waals surface area contributed by atoms with Gasteiger partial charge < -0.3 is 9.88 Å². The van der Waals surface area contributed by atoms with Crippen molar-refractivity contribution >= 4 is 27.6 Å². The van der Waals surface area contributed by atoms with E-state index in [1.54, 1.807) is 0 Å². The van der Waals surface area contributed by atoms with Crippen LogP contribution >= 0.6 is 0 Å². The van der Waals surface area contributed by atoms with E-state index in [4.69, 9.17) is 4.98 Å². The van der Waals surface area contributed by atoms with Crippen molar-refractivity contribution in [1.29, 1.82) is 0 Å². The third-order valence-electron chi connectivity index (χ3n) is 4.37.